The third-order valence-corrected chi connectivity index (χ3v) is 6.69. The lowest BCUT2D eigenvalue weighted by Gasteiger charge is -2.14. The zero-order valence-corrected chi connectivity index (χ0v) is 21.4. The average molecular weight is 420 g/mol. The highest BCUT2D eigenvalue weighted by Crippen LogP contribution is 2.21. The fourth-order valence-electron chi connectivity index (χ4n) is 4.77. The number of imidazole rings is 1. The number of rotatable bonds is 20. The Labute approximate surface area is 189 Å². The molecule has 0 bridgehead atoms. The van der Waals surface area contributed by atoms with E-state index in [1.165, 1.54) is 122 Å². The van der Waals surface area contributed by atoms with Crippen LogP contribution in [0.5, 0.6) is 0 Å². The van der Waals surface area contributed by atoms with E-state index in [1.54, 1.807) is 0 Å². The van der Waals surface area contributed by atoms with Gasteiger partial charge in [-0.3, -0.25) is 0 Å². The second-order valence-corrected chi connectivity index (χ2v) is 10.00. The van der Waals surface area contributed by atoms with Crippen LogP contribution >= 0.6 is 0 Å². The molecule has 1 rings (SSSR count). The summed E-state index contributed by atoms with van der Waals surface area (Å²) in [4.78, 5) is 0. The van der Waals surface area contributed by atoms with Gasteiger partial charge in [0.05, 0.1) is 18.5 Å². The molecule has 30 heavy (non-hydrogen) atoms. The Balaban J connectivity index is 2.32. The van der Waals surface area contributed by atoms with Crippen LogP contribution in [0, 0.1) is 0 Å². The van der Waals surface area contributed by atoms with E-state index in [0.717, 1.165) is 0 Å². The molecule has 0 aromatic carbocycles. The van der Waals surface area contributed by atoms with Crippen LogP contribution in [0.4, 0.5) is 0 Å². The predicted molar refractivity (Wildman–Crippen MR) is 133 cm³/mol. The molecule has 1 aromatic rings. The van der Waals surface area contributed by atoms with E-state index in [9.17, 15) is 0 Å². The first-order valence-electron chi connectivity index (χ1n) is 13.7. The largest absolute Gasteiger partial charge is 0.259 e. The molecule has 0 aliphatic carbocycles. The summed E-state index contributed by atoms with van der Waals surface area (Å²) < 4.78 is 5.13. The zero-order chi connectivity index (χ0) is 22.0. The Kier molecular flexibility index (Phi) is 16.2. The van der Waals surface area contributed by atoms with Gasteiger partial charge in [0.15, 0.2) is 0 Å². The van der Waals surface area contributed by atoms with Gasteiger partial charge < -0.3 is 0 Å². The summed E-state index contributed by atoms with van der Waals surface area (Å²) in [6, 6.07) is 0.627. The molecule has 0 radical (unpaired) electrons. The highest BCUT2D eigenvalue weighted by atomic mass is 15.2. The molecule has 0 amide bonds. The van der Waals surface area contributed by atoms with Crippen molar-refractivity contribution in [3.63, 3.8) is 0 Å². The highest BCUT2D eigenvalue weighted by Gasteiger charge is 2.23. The van der Waals surface area contributed by atoms with E-state index in [-0.39, 0.29) is 0 Å². The summed E-state index contributed by atoms with van der Waals surface area (Å²) in [5.74, 6) is 2.13. The van der Waals surface area contributed by atoms with Gasteiger partial charge in [0, 0.05) is 0 Å². The number of hydrogen-bond acceptors (Lipinski definition) is 0. The van der Waals surface area contributed by atoms with E-state index in [1.807, 2.05) is 0 Å². The van der Waals surface area contributed by atoms with E-state index in [4.69, 9.17) is 0 Å². The second kappa shape index (κ2) is 17.8. The molecule has 2 heteroatoms. The number of unbranched alkanes of at least 4 members (excludes halogenated alkanes) is 14. The lowest BCUT2D eigenvalue weighted by Crippen LogP contribution is -2.38. The fraction of sp³-hybridized carbons (Fsp3) is 0.893. The zero-order valence-electron chi connectivity index (χ0n) is 21.4. The predicted octanol–water partition coefficient (Wildman–Crippen LogP) is 9.13. The third-order valence-electron chi connectivity index (χ3n) is 6.69. The van der Waals surface area contributed by atoms with Crippen LogP contribution in [0.2, 0.25) is 0 Å². The average Bonchev–Trinajstić information content (AvgIpc) is 3.16. The van der Waals surface area contributed by atoms with E-state index >= 15 is 0 Å². The first kappa shape index (κ1) is 27.2. The maximum Gasteiger partial charge on any atom is 0.259 e. The van der Waals surface area contributed by atoms with Crippen LogP contribution in [0.3, 0.4) is 0 Å². The molecule has 1 unspecified atom stereocenters. The van der Waals surface area contributed by atoms with Crippen molar-refractivity contribution in [2.45, 2.75) is 162 Å². The van der Waals surface area contributed by atoms with Crippen molar-refractivity contribution in [3.05, 3.63) is 18.2 Å². The maximum absolute atomic E-state index is 2.58. The van der Waals surface area contributed by atoms with Crippen molar-refractivity contribution in [1.82, 2.24) is 4.57 Å². The standard InChI is InChI=1S/C28H55N2/c1-6-8-10-12-14-16-18-20-22-27(5)30-25-24-29(28(30)26(3)4)23-21-19-17-15-13-11-9-7-2/h24-27H,6-23H2,1-5H3/q+1. The fourth-order valence-corrected chi connectivity index (χ4v) is 4.77. The molecule has 1 atom stereocenters. The monoisotopic (exact) mass is 419 g/mol. The van der Waals surface area contributed by atoms with Crippen molar-refractivity contribution in [1.29, 1.82) is 0 Å². The van der Waals surface area contributed by atoms with Crippen LogP contribution in [-0.2, 0) is 6.54 Å². The van der Waals surface area contributed by atoms with Crippen molar-refractivity contribution in [2.75, 3.05) is 0 Å². The van der Waals surface area contributed by atoms with Crippen LogP contribution in [0.15, 0.2) is 12.4 Å². The molecular formula is C28H55N2+. The first-order chi connectivity index (χ1) is 14.6. The second-order valence-electron chi connectivity index (χ2n) is 10.00. The Hall–Kier alpha value is -0.790. The molecule has 0 fully saturated rings. The van der Waals surface area contributed by atoms with Gasteiger partial charge in [0.2, 0.25) is 0 Å². The third kappa shape index (κ3) is 11.6. The van der Waals surface area contributed by atoms with Gasteiger partial charge in [-0.25, -0.2) is 9.13 Å². The summed E-state index contributed by atoms with van der Waals surface area (Å²) in [6.45, 7) is 12.9. The van der Waals surface area contributed by atoms with Crippen molar-refractivity contribution in [3.8, 4) is 0 Å². The van der Waals surface area contributed by atoms with Gasteiger partial charge in [0.25, 0.3) is 5.82 Å². The molecule has 0 N–H and O–H groups in total. The van der Waals surface area contributed by atoms with Crippen LogP contribution in [0.1, 0.15) is 162 Å². The summed E-state index contributed by atoms with van der Waals surface area (Å²) in [5.41, 5.74) is 0. The Morgan fingerprint density at radius 3 is 1.63 bits per heavy atom. The van der Waals surface area contributed by atoms with Gasteiger partial charge >= 0.3 is 0 Å². The van der Waals surface area contributed by atoms with Crippen molar-refractivity contribution >= 4 is 0 Å². The molecule has 0 saturated heterocycles. The summed E-state index contributed by atoms with van der Waals surface area (Å²) in [6.07, 6.45) is 28.5. The molecule has 0 spiro atoms. The minimum Gasteiger partial charge on any atom is -0.234 e. The summed E-state index contributed by atoms with van der Waals surface area (Å²) >= 11 is 0. The molecular weight excluding hydrogens is 364 g/mol. The molecule has 1 aromatic heterocycles. The van der Waals surface area contributed by atoms with E-state index in [0.29, 0.717) is 12.0 Å². The van der Waals surface area contributed by atoms with E-state index < -0.39 is 0 Å². The minimum absolute atomic E-state index is 0.593. The van der Waals surface area contributed by atoms with Gasteiger partial charge in [0.1, 0.15) is 12.4 Å². The quantitative estimate of drug-likeness (QED) is 0.147. The molecule has 1 heterocycles. The van der Waals surface area contributed by atoms with E-state index in [2.05, 4.69) is 56.1 Å². The first-order valence-corrected chi connectivity index (χ1v) is 13.7. The topological polar surface area (TPSA) is 8.81 Å². The normalized spacial score (nSPS) is 12.7. The van der Waals surface area contributed by atoms with Crippen molar-refractivity contribution < 1.29 is 4.57 Å². The minimum atomic E-state index is 0.593. The highest BCUT2D eigenvalue weighted by molar-refractivity contribution is 4.92. The smallest absolute Gasteiger partial charge is 0.234 e. The number of hydrogen-bond donors (Lipinski definition) is 0. The van der Waals surface area contributed by atoms with Gasteiger partial charge in [-0.1, -0.05) is 111 Å². The molecule has 0 saturated carbocycles. The number of aryl methyl sites for hydroxylation is 1. The summed E-state index contributed by atoms with van der Waals surface area (Å²) in [7, 11) is 0. The number of nitrogens with zero attached hydrogens (tertiary/aromatic N) is 2. The van der Waals surface area contributed by atoms with Crippen LogP contribution < -0.4 is 4.57 Å². The number of aromatic nitrogens is 2. The lowest BCUT2D eigenvalue weighted by molar-refractivity contribution is -0.705. The lowest BCUT2D eigenvalue weighted by atomic mass is 10.0. The van der Waals surface area contributed by atoms with Crippen LogP contribution in [-0.4, -0.2) is 4.57 Å². The van der Waals surface area contributed by atoms with Gasteiger partial charge in [-0.05, 0) is 32.6 Å². The molecule has 176 valence electrons. The van der Waals surface area contributed by atoms with Gasteiger partial charge in [-0.15, -0.1) is 0 Å². The van der Waals surface area contributed by atoms with Crippen molar-refractivity contribution in [2.24, 2.45) is 0 Å². The Morgan fingerprint density at radius 1 is 0.667 bits per heavy atom. The molecule has 0 aliphatic rings. The SMILES string of the molecule is CCCCCCCCCCC(C)n1cc[n+](CCCCCCCCCC)c1C(C)C. The molecule has 2 nitrogen and oxygen atoms in total. The maximum atomic E-state index is 2.58. The summed E-state index contributed by atoms with van der Waals surface area (Å²) in [5, 5.41) is 0. The molecule has 0 aliphatic heterocycles. The Bertz CT molecular complexity index is 503. The van der Waals surface area contributed by atoms with Crippen LogP contribution in [0.25, 0.3) is 0 Å². The Morgan fingerprint density at radius 2 is 1.13 bits per heavy atom. The van der Waals surface area contributed by atoms with Gasteiger partial charge in [-0.2, -0.15) is 0 Å².